The number of para-hydroxylation sites is 1. The monoisotopic (exact) mass is 430 g/mol. The summed E-state index contributed by atoms with van der Waals surface area (Å²) in [5, 5.41) is 6.28. The highest BCUT2D eigenvalue weighted by Crippen LogP contribution is 2.20. The number of hydrogen-bond acceptors (Lipinski definition) is 3. The summed E-state index contributed by atoms with van der Waals surface area (Å²) in [6, 6.07) is 14.2. The molecule has 0 aromatic heterocycles. The van der Waals surface area contributed by atoms with E-state index in [-0.39, 0.29) is 18.2 Å². The second kappa shape index (κ2) is 11.3. The fourth-order valence-corrected chi connectivity index (χ4v) is 3.49. The van der Waals surface area contributed by atoms with Gasteiger partial charge in [0, 0.05) is 44.4 Å². The van der Waals surface area contributed by atoms with Crippen LogP contribution in [0.2, 0.25) is 0 Å². The molecule has 1 aliphatic rings. The van der Waals surface area contributed by atoms with Gasteiger partial charge in [-0.15, -0.1) is 0 Å². The zero-order chi connectivity index (χ0) is 22.1. The molecule has 0 saturated carbocycles. The zero-order valence-electron chi connectivity index (χ0n) is 17.6. The number of halogens is 2. The van der Waals surface area contributed by atoms with E-state index in [2.05, 4.69) is 20.4 Å². The van der Waals surface area contributed by atoms with Gasteiger partial charge in [-0.3, -0.25) is 9.79 Å². The van der Waals surface area contributed by atoms with Gasteiger partial charge in [0.05, 0.1) is 0 Å². The molecule has 1 aliphatic heterocycles. The fraction of sp³-hybridized carbons (Fsp3) is 0.391. The summed E-state index contributed by atoms with van der Waals surface area (Å²) in [5.41, 5.74) is 2.30. The molecule has 8 heteroatoms. The maximum atomic E-state index is 12.6. The van der Waals surface area contributed by atoms with Crippen LogP contribution in [0.5, 0.6) is 5.75 Å². The molecule has 2 aromatic rings. The van der Waals surface area contributed by atoms with E-state index in [1.807, 2.05) is 29.2 Å². The third kappa shape index (κ3) is 6.67. The first kappa shape index (κ1) is 22.5. The number of guanidine groups is 1. The summed E-state index contributed by atoms with van der Waals surface area (Å²) in [5.74, 6) is 0.746. The van der Waals surface area contributed by atoms with Crippen LogP contribution in [-0.2, 0) is 13.1 Å². The van der Waals surface area contributed by atoms with Crippen molar-refractivity contribution >= 4 is 11.9 Å². The van der Waals surface area contributed by atoms with Crippen LogP contribution >= 0.6 is 0 Å². The Balaban J connectivity index is 1.51. The highest BCUT2D eigenvalue weighted by molar-refractivity contribution is 5.94. The fourth-order valence-electron chi connectivity index (χ4n) is 3.49. The Morgan fingerprint density at radius 1 is 1.03 bits per heavy atom. The van der Waals surface area contributed by atoms with E-state index in [9.17, 15) is 13.6 Å². The number of rotatable bonds is 7. The summed E-state index contributed by atoms with van der Waals surface area (Å²) in [6.07, 6.45) is 3.33. The van der Waals surface area contributed by atoms with Crippen LogP contribution in [0.25, 0.3) is 0 Å². The predicted octanol–water partition coefficient (Wildman–Crippen LogP) is 3.78. The number of piperidine rings is 1. The van der Waals surface area contributed by atoms with E-state index in [0.29, 0.717) is 23.6 Å². The zero-order valence-corrected chi connectivity index (χ0v) is 17.6. The minimum absolute atomic E-state index is 0.0846. The van der Waals surface area contributed by atoms with Crippen molar-refractivity contribution in [3.8, 4) is 5.75 Å². The van der Waals surface area contributed by atoms with Crippen molar-refractivity contribution in [2.24, 2.45) is 4.99 Å². The van der Waals surface area contributed by atoms with Crippen LogP contribution in [-0.4, -0.2) is 43.5 Å². The molecule has 0 atom stereocenters. The molecule has 6 nitrogen and oxygen atoms in total. The predicted molar refractivity (Wildman–Crippen MR) is 116 cm³/mol. The van der Waals surface area contributed by atoms with Crippen LogP contribution in [0.15, 0.2) is 53.5 Å². The third-order valence-electron chi connectivity index (χ3n) is 5.16. The molecule has 0 unspecified atom stereocenters. The standard InChI is InChI=1S/C23H28F2N4O2/c1-26-23(28-16-19-7-3-4-8-20(19)31-22(24)25)27-15-17-9-11-18(12-10-17)21(30)29-13-5-2-6-14-29/h3-4,7-12,22H,2,5-6,13-16H2,1H3,(H2,26,27,28). The molecular weight excluding hydrogens is 402 g/mol. The van der Waals surface area contributed by atoms with Crippen molar-refractivity contribution in [2.75, 3.05) is 20.1 Å². The Morgan fingerprint density at radius 2 is 1.71 bits per heavy atom. The smallest absolute Gasteiger partial charge is 0.387 e. The third-order valence-corrected chi connectivity index (χ3v) is 5.16. The highest BCUT2D eigenvalue weighted by atomic mass is 19.3. The lowest BCUT2D eigenvalue weighted by Gasteiger charge is -2.26. The summed E-state index contributed by atoms with van der Waals surface area (Å²) >= 11 is 0. The molecule has 1 amide bonds. The van der Waals surface area contributed by atoms with Crippen LogP contribution in [0.3, 0.4) is 0 Å². The van der Waals surface area contributed by atoms with Crippen molar-refractivity contribution in [2.45, 2.75) is 39.0 Å². The largest absolute Gasteiger partial charge is 0.434 e. The van der Waals surface area contributed by atoms with Crippen molar-refractivity contribution < 1.29 is 18.3 Å². The molecule has 2 N–H and O–H groups in total. The first-order chi connectivity index (χ1) is 15.1. The number of benzene rings is 2. The van der Waals surface area contributed by atoms with Crippen molar-refractivity contribution in [3.63, 3.8) is 0 Å². The number of carbonyl (C=O) groups excluding carboxylic acids is 1. The van der Waals surface area contributed by atoms with Crippen LogP contribution < -0.4 is 15.4 Å². The Hall–Kier alpha value is -3.16. The van der Waals surface area contributed by atoms with Crippen molar-refractivity contribution in [3.05, 3.63) is 65.2 Å². The SMILES string of the molecule is CN=C(NCc1ccc(C(=O)N2CCCCC2)cc1)NCc1ccccc1OC(F)F. The molecule has 0 radical (unpaired) electrons. The number of amides is 1. The minimum Gasteiger partial charge on any atom is -0.434 e. The molecule has 2 aromatic carbocycles. The van der Waals surface area contributed by atoms with E-state index in [0.717, 1.165) is 31.5 Å². The van der Waals surface area contributed by atoms with Crippen molar-refractivity contribution in [1.82, 2.24) is 15.5 Å². The molecule has 0 bridgehead atoms. The van der Waals surface area contributed by atoms with Gasteiger partial charge in [0.15, 0.2) is 5.96 Å². The number of ether oxygens (including phenoxy) is 1. The number of carbonyl (C=O) groups is 1. The van der Waals surface area contributed by atoms with Crippen LogP contribution in [0.1, 0.15) is 40.7 Å². The average molecular weight is 430 g/mol. The Bertz CT molecular complexity index is 881. The average Bonchev–Trinajstić information content (AvgIpc) is 2.80. The number of likely N-dealkylation sites (tertiary alicyclic amines) is 1. The molecule has 3 rings (SSSR count). The summed E-state index contributed by atoms with van der Waals surface area (Å²) in [4.78, 5) is 18.6. The van der Waals surface area contributed by atoms with Crippen molar-refractivity contribution in [1.29, 1.82) is 0 Å². The van der Waals surface area contributed by atoms with Gasteiger partial charge in [0.2, 0.25) is 0 Å². The molecule has 0 spiro atoms. The van der Waals surface area contributed by atoms with Gasteiger partial charge in [-0.2, -0.15) is 8.78 Å². The first-order valence-electron chi connectivity index (χ1n) is 10.4. The highest BCUT2D eigenvalue weighted by Gasteiger charge is 2.17. The maximum Gasteiger partial charge on any atom is 0.387 e. The molecular formula is C23H28F2N4O2. The summed E-state index contributed by atoms with van der Waals surface area (Å²) in [6.45, 7) is -0.423. The van der Waals surface area contributed by atoms with E-state index in [1.165, 1.54) is 12.5 Å². The maximum absolute atomic E-state index is 12.6. The Kier molecular flexibility index (Phi) is 8.20. The van der Waals surface area contributed by atoms with Gasteiger partial charge in [-0.1, -0.05) is 30.3 Å². The topological polar surface area (TPSA) is 66.0 Å². The second-order valence-corrected chi connectivity index (χ2v) is 7.32. The van der Waals surface area contributed by atoms with Gasteiger partial charge in [0.25, 0.3) is 5.91 Å². The summed E-state index contributed by atoms with van der Waals surface area (Å²) in [7, 11) is 1.64. The van der Waals surface area contributed by atoms with Gasteiger partial charge in [0.1, 0.15) is 5.75 Å². The van der Waals surface area contributed by atoms with Crippen LogP contribution in [0, 0.1) is 0 Å². The summed E-state index contributed by atoms with van der Waals surface area (Å²) < 4.78 is 29.7. The number of aliphatic imine (C=N–C) groups is 1. The number of nitrogens with one attached hydrogen (secondary N) is 2. The van der Waals surface area contributed by atoms with Gasteiger partial charge >= 0.3 is 6.61 Å². The van der Waals surface area contributed by atoms with E-state index >= 15 is 0 Å². The Labute approximate surface area is 181 Å². The van der Waals surface area contributed by atoms with E-state index in [4.69, 9.17) is 0 Å². The second-order valence-electron chi connectivity index (χ2n) is 7.32. The lowest BCUT2D eigenvalue weighted by atomic mass is 10.1. The van der Waals surface area contributed by atoms with E-state index < -0.39 is 6.61 Å². The first-order valence-corrected chi connectivity index (χ1v) is 10.4. The van der Waals surface area contributed by atoms with Gasteiger partial charge < -0.3 is 20.3 Å². The quantitative estimate of drug-likeness (QED) is 0.518. The molecule has 166 valence electrons. The number of nitrogens with zero attached hydrogens (tertiary/aromatic N) is 2. The van der Waals surface area contributed by atoms with Gasteiger partial charge in [-0.05, 0) is 43.0 Å². The molecule has 0 aliphatic carbocycles. The molecule has 1 fully saturated rings. The normalized spacial score (nSPS) is 14.5. The molecule has 31 heavy (non-hydrogen) atoms. The van der Waals surface area contributed by atoms with Crippen LogP contribution in [0.4, 0.5) is 8.78 Å². The molecule has 1 saturated heterocycles. The lowest BCUT2D eigenvalue weighted by Crippen LogP contribution is -2.36. The number of hydrogen-bond donors (Lipinski definition) is 2. The van der Waals surface area contributed by atoms with Gasteiger partial charge in [-0.25, -0.2) is 0 Å². The van der Waals surface area contributed by atoms with E-state index in [1.54, 1.807) is 25.2 Å². The molecule has 1 heterocycles. The Morgan fingerprint density at radius 3 is 2.39 bits per heavy atom. The minimum atomic E-state index is -2.87. The lowest BCUT2D eigenvalue weighted by molar-refractivity contribution is -0.0504. The number of alkyl halides is 2.